The summed E-state index contributed by atoms with van der Waals surface area (Å²) in [5.41, 5.74) is 6.83. The van der Waals surface area contributed by atoms with Gasteiger partial charge < -0.3 is 11.1 Å². The number of aromatic nitrogens is 4. The van der Waals surface area contributed by atoms with Crippen molar-refractivity contribution in [2.24, 2.45) is 5.73 Å². The van der Waals surface area contributed by atoms with Crippen molar-refractivity contribution in [1.82, 2.24) is 19.3 Å². The van der Waals surface area contributed by atoms with Crippen LogP contribution >= 0.6 is 0 Å². The number of carbonyl (C=O) groups is 2. The summed E-state index contributed by atoms with van der Waals surface area (Å²) in [6.45, 7) is 0.128. The summed E-state index contributed by atoms with van der Waals surface area (Å²) in [5.74, 6) is -0.983. The number of aryl methyl sites for hydroxylation is 1. The Morgan fingerprint density at radius 3 is 2.53 bits per heavy atom. The zero-order valence-electron chi connectivity index (χ0n) is 15.9. The number of rotatable bonds is 6. The van der Waals surface area contributed by atoms with Gasteiger partial charge in [-0.15, -0.1) is 0 Å². The summed E-state index contributed by atoms with van der Waals surface area (Å²) in [5, 5.41) is 7.28. The van der Waals surface area contributed by atoms with E-state index in [2.05, 4.69) is 15.4 Å². The summed E-state index contributed by atoms with van der Waals surface area (Å²) >= 11 is 0. The Bertz CT molecular complexity index is 1290. The number of para-hydroxylation sites is 2. The minimum Gasteiger partial charge on any atom is -0.366 e. The van der Waals surface area contributed by atoms with Crippen molar-refractivity contribution < 1.29 is 9.59 Å². The molecule has 2 amide bonds. The topological polar surface area (TPSA) is 125 Å². The molecule has 4 aromatic rings. The Morgan fingerprint density at radius 1 is 1.03 bits per heavy atom. The van der Waals surface area contributed by atoms with Gasteiger partial charge in [0.2, 0.25) is 5.91 Å². The lowest BCUT2D eigenvalue weighted by molar-refractivity contribution is -0.116. The number of benzene rings is 2. The maximum atomic E-state index is 12.8. The molecule has 0 atom stereocenters. The van der Waals surface area contributed by atoms with Gasteiger partial charge in [-0.1, -0.05) is 30.3 Å². The van der Waals surface area contributed by atoms with Gasteiger partial charge in [0.15, 0.2) is 5.65 Å². The van der Waals surface area contributed by atoms with E-state index in [9.17, 15) is 14.4 Å². The molecule has 2 heterocycles. The van der Waals surface area contributed by atoms with Crippen LogP contribution in [0.4, 0.5) is 5.69 Å². The lowest BCUT2D eigenvalue weighted by Crippen LogP contribution is -2.24. The summed E-state index contributed by atoms with van der Waals surface area (Å²) in [7, 11) is 0. The minimum absolute atomic E-state index is 0.0208. The van der Waals surface area contributed by atoms with Gasteiger partial charge in [0, 0.05) is 13.0 Å². The lowest BCUT2D eigenvalue weighted by atomic mass is 10.1. The maximum absolute atomic E-state index is 12.8. The number of fused-ring (bicyclic) bond motifs is 1. The van der Waals surface area contributed by atoms with Crippen LogP contribution in [0, 0.1) is 0 Å². The van der Waals surface area contributed by atoms with Gasteiger partial charge in [0.25, 0.3) is 11.5 Å². The van der Waals surface area contributed by atoms with E-state index in [0.29, 0.717) is 16.7 Å². The zero-order valence-corrected chi connectivity index (χ0v) is 15.9. The summed E-state index contributed by atoms with van der Waals surface area (Å²) in [6, 6.07) is 15.9. The highest BCUT2D eigenvalue weighted by Gasteiger charge is 2.13. The third-order valence-corrected chi connectivity index (χ3v) is 4.60. The molecule has 4 rings (SSSR count). The van der Waals surface area contributed by atoms with Crippen molar-refractivity contribution in [2.75, 3.05) is 5.32 Å². The Kier molecular flexibility index (Phi) is 5.08. The van der Waals surface area contributed by atoms with Crippen LogP contribution in [0.15, 0.2) is 71.9 Å². The predicted molar refractivity (Wildman–Crippen MR) is 111 cm³/mol. The predicted octanol–water partition coefficient (Wildman–Crippen LogP) is 1.71. The highest BCUT2D eigenvalue weighted by Crippen LogP contribution is 2.15. The first-order chi connectivity index (χ1) is 14.5. The first-order valence-electron chi connectivity index (χ1n) is 9.22. The monoisotopic (exact) mass is 402 g/mol. The van der Waals surface area contributed by atoms with Crippen LogP contribution < -0.4 is 16.6 Å². The Morgan fingerprint density at radius 2 is 1.77 bits per heavy atom. The highest BCUT2D eigenvalue weighted by molar-refractivity contribution is 6.02. The second-order valence-corrected chi connectivity index (χ2v) is 6.58. The molecule has 2 aromatic heterocycles. The van der Waals surface area contributed by atoms with Crippen LogP contribution in [0.25, 0.3) is 16.7 Å². The fourth-order valence-electron chi connectivity index (χ4n) is 3.11. The van der Waals surface area contributed by atoms with Crippen LogP contribution in [-0.4, -0.2) is 31.1 Å². The smallest absolute Gasteiger partial charge is 0.264 e. The molecule has 0 aliphatic heterocycles. The molecule has 0 aliphatic carbocycles. The fraction of sp³-hybridized carbons (Fsp3) is 0.0952. The number of primary amides is 1. The zero-order chi connectivity index (χ0) is 21.1. The quantitative estimate of drug-likeness (QED) is 0.508. The normalized spacial score (nSPS) is 10.8. The highest BCUT2D eigenvalue weighted by atomic mass is 16.2. The Hall–Kier alpha value is -4.27. The number of nitrogens with zero attached hydrogens (tertiary/aromatic N) is 4. The molecule has 0 fully saturated rings. The number of anilines is 1. The molecule has 0 saturated carbocycles. The third-order valence-electron chi connectivity index (χ3n) is 4.60. The average Bonchev–Trinajstić information content (AvgIpc) is 3.19. The minimum atomic E-state index is -0.632. The van der Waals surface area contributed by atoms with Crippen LogP contribution in [0.3, 0.4) is 0 Å². The number of hydrogen-bond donors (Lipinski definition) is 2. The van der Waals surface area contributed by atoms with Gasteiger partial charge >= 0.3 is 0 Å². The second kappa shape index (κ2) is 8.00. The van der Waals surface area contributed by atoms with Crippen LogP contribution in [0.2, 0.25) is 0 Å². The number of nitrogens with one attached hydrogen (secondary N) is 1. The van der Waals surface area contributed by atoms with Crippen molar-refractivity contribution in [1.29, 1.82) is 0 Å². The van der Waals surface area contributed by atoms with E-state index < -0.39 is 5.91 Å². The molecule has 0 spiro atoms. The molecule has 150 valence electrons. The van der Waals surface area contributed by atoms with Crippen molar-refractivity contribution >= 4 is 28.5 Å². The molecular weight excluding hydrogens is 384 g/mol. The van der Waals surface area contributed by atoms with Gasteiger partial charge in [0.05, 0.1) is 29.5 Å². The number of hydrogen-bond acceptors (Lipinski definition) is 5. The van der Waals surface area contributed by atoms with Gasteiger partial charge in [-0.25, -0.2) is 9.67 Å². The van der Waals surface area contributed by atoms with E-state index in [0.717, 1.165) is 5.69 Å². The fourth-order valence-corrected chi connectivity index (χ4v) is 3.11. The standard InChI is InChI=1S/C21H18N6O3/c22-19(29)15-8-4-5-9-17(15)25-18(28)10-11-26-13-23-20-16(21(26)30)12-24-27(20)14-6-2-1-3-7-14/h1-9,12-13H,10-11H2,(H2,22,29)(H,25,28). The van der Waals surface area contributed by atoms with Crippen LogP contribution in [-0.2, 0) is 11.3 Å². The summed E-state index contributed by atoms with van der Waals surface area (Å²) < 4.78 is 2.95. The molecule has 0 unspecified atom stereocenters. The van der Waals surface area contributed by atoms with E-state index in [-0.39, 0.29) is 30.0 Å². The first-order valence-corrected chi connectivity index (χ1v) is 9.22. The second-order valence-electron chi connectivity index (χ2n) is 6.58. The van der Waals surface area contributed by atoms with E-state index in [1.54, 1.807) is 22.9 Å². The first kappa shape index (κ1) is 19.1. The molecule has 0 aliphatic rings. The van der Waals surface area contributed by atoms with E-state index in [4.69, 9.17) is 5.73 Å². The van der Waals surface area contributed by atoms with E-state index >= 15 is 0 Å². The van der Waals surface area contributed by atoms with Crippen molar-refractivity contribution in [3.05, 3.63) is 83.0 Å². The van der Waals surface area contributed by atoms with Crippen molar-refractivity contribution in [3.8, 4) is 5.69 Å². The average molecular weight is 402 g/mol. The molecule has 2 aromatic carbocycles. The molecule has 0 radical (unpaired) electrons. The van der Waals surface area contributed by atoms with Crippen molar-refractivity contribution in [3.63, 3.8) is 0 Å². The third kappa shape index (κ3) is 3.68. The summed E-state index contributed by atoms with van der Waals surface area (Å²) in [4.78, 5) is 40.9. The number of amides is 2. The Balaban J connectivity index is 1.51. The molecule has 9 nitrogen and oxygen atoms in total. The molecule has 30 heavy (non-hydrogen) atoms. The van der Waals surface area contributed by atoms with Crippen molar-refractivity contribution in [2.45, 2.75) is 13.0 Å². The largest absolute Gasteiger partial charge is 0.366 e. The molecule has 0 bridgehead atoms. The van der Waals surface area contributed by atoms with Gasteiger partial charge in [-0.3, -0.25) is 19.0 Å². The number of nitrogens with two attached hydrogens (primary N) is 1. The number of carbonyl (C=O) groups excluding carboxylic acids is 2. The van der Waals surface area contributed by atoms with Gasteiger partial charge in [0.1, 0.15) is 5.39 Å². The molecule has 3 N–H and O–H groups in total. The lowest BCUT2D eigenvalue weighted by Gasteiger charge is -2.09. The molecule has 0 saturated heterocycles. The molecule has 9 heteroatoms. The Labute approximate surface area is 170 Å². The van der Waals surface area contributed by atoms with Crippen LogP contribution in [0.1, 0.15) is 16.8 Å². The summed E-state index contributed by atoms with van der Waals surface area (Å²) in [6.07, 6.45) is 2.89. The molecular formula is C21H18N6O3. The maximum Gasteiger partial charge on any atom is 0.264 e. The van der Waals surface area contributed by atoms with Gasteiger partial charge in [-0.05, 0) is 24.3 Å². The SMILES string of the molecule is NC(=O)c1ccccc1NC(=O)CCn1cnc2c(cnn2-c2ccccc2)c1=O. The van der Waals surface area contributed by atoms with E-state index in [1.807, 2.05) is 30.3 Å². The van der Waals surface area contributed by atoms with E-state index in [1.165, 1.54) is 23.2 Å². The van der Waals surface area contributed by atoms with Crippen LogP contribution in [0.5, 0.6) is 0 Å². The van der Waals surface area contributed by atoms with Gasteiger partial charge in [-0.2, -0.15) is 5.10 Å².